The molecule has 7 heteroatoms. The van der Waals surface area contributed by atoms with E-state index in [0.717, 1.165) is 5.56 Å². The van der Waals surface area contributed by atoms with Crippen LogP contribution in [0.3, 0.4) is 0 Å². The van der Waals surface area contributed by atoms with Crippen molar-refractivity contribution < 1.29 is 14.3 Å². The maximum Gasteiger partial charge on any atom is 0.242 e. The molecule has 0 aromatic heterocycles. The number of carbonyl (C=O) groups is 2. The molecule has 3 N–H and O–H groups in total. The first-order chi connectivity index (χ1) is 9.70. The van der Waals surface area contributed by atoms with Crippen LogP contribution in [0.15, 0.2) is 30.3 Å². The Morgan fingerprint density at radius 1 is 1.33 bits per heavy atom. The Hall–Kier alpha value is -1.63. The first-order valence-corrected chi connectivity index (χ1v) is 6.62. The van der Waals surface area contributed by atoms with Crippen LogP contribution in [0, 0.1) is 0 Å². The third-order valence-electron chi connectivity index (χ3n) is 3.21. The van der Waals surface area contributed by atoms with E-state index in [-0.39, 0.29) is 43.4 Å². The van der Waals surface area contributed by atoms with Crippen molar-refractivity contribution in [2.45, 2.75) is 6.10 Å². The van der Waals surface area contributed by atoms with E-state index in [1.807, 2.05) is 30.3 Å². The molecule has 1 aliphatic heterocycles. The summed E-state index contributed by atoms with van der Waals surface area (Å²) in [5.41, 5.74) is 6.23. The third-order valence-corrected chi connectivity index (χ3v) is 3.21. The van der Waals surface area contributed by atoms with Gasteiger partial charge in [0.25, 0.3) is 0 Å². The number of benzene rings is 1. The van der Waals surface area contributed by atoms with E-state index >= 15 is 0 Å². The number of amides is 2. The fraction of sp³-hybridized carbons (Fsp3) is 0.429. The predicted octanol–water partition coefficient (Wildman–Crippen LogP) is 0.0832. The second-order valence-electron chi connectivity index (χ2n) is 4.59. The number of ether oxygens (including phenoxy) is 1. The molecule has 21 heavy (non-hydrogen) atoms. The van der Waals surface area contributed by atoms with Crippen molar-refractivity contribution in [3.63, 3.8) is 0 Å². The van der Waals surface area contributed by atoms with Gasteiger partial charge in [-0.05, 0) is 5.56 Å². The van der Waals surface area contributed by atoms with Crippen molar-refractivity contribution in [2.75, 3.05) is 32.8 Å². The Labute approximate surface area is 130 Å². The van der Waals surface area contributed by atoms with Crippen LogP contribution in [0.4, 0.5) is 0 Å². The number of hydrogen-bond donors (Lipinski definition) is 2. The molecule has 0 bridgehead atoms. The molecule has 1 aromatic carbocycles. The zero-order valence-electron chi connectivity index (χ0n) is 11.7. The van der Waals surface area contributed by atoms with E-state index in [9.17, 15) is 9.59 Å². The van der Waals surface area contributed by atoms with Crippen molar-refractivity contribution >= 4 is 24.2 Å². The zero-order chi connectivity index (χ0) is 14.4. The smallest absolute Gasteiger partial charge is 0.242 e. The van der Waals surface area contributed by atoms with Crippen LogP contribution >= 0.6 is 12.4 Å². The van der Waals surface area contributed by atoms with Gasteiger partial charge in [-0.3, -0.25) is 9.59 Å². The van der Waals surface area contributed by atoms with Gasteiger partial charge in [0.15, 0.2) is 0 Å². The Morgan fingerprint density at radius 2 is 2.05 bits per heavy atom. The highest BCUT2D eigenvalue weighted by Gasteiger charge is 2.25. The van der Waals surface area contributed by atoms with E-state index in [4.69, 9.17) is 10.5 Å². The molecule has 2 rings (SSSR count). The number of hydrogen-bond acceptors (Lipinski definition) is 4. The monoisotopic (exact) mass is 313 g/mol. The minimum atomic E-state index is -0.328. The molecule has 0 saturated carbocycles. The molecule has 0 aliphatic carbocycles. The molecule has 1 saturated heterocycles. The van der Waals surface area contributed by atoms with Gasteiger partial charge in [-0.25, -0.2) is 0 Å². The zero-order valence-corrected chi connectivity index (χ0v) is 12.5. The van der Waals surface area contributed by atoms with Gasteiger partial charge < -0.3 is 20.7 Å². The topological polar surface area (TPSA) is 84.7 Å². The van der Waals surface area contributed by atoms with Gasteiger partial charge in [0, 0.05) is 6.54 Å². The Morgan fingerprint density at radius 3 is 2.71 bits per heavy atom. The second kappa shape index (κ2) is 8.61. The summed E-state index contributed by atoms with van der Waals surface area (Å²) in [6, 6.07) is 9.79. The summed E-state index contributed by atoms with van der Waals surface area (Å²) in [6.45, 7) is 1.42. The molecular formula is C14H20ClN3O3. The van der Waals surface area contributed by atoms with E-state index < -0.39 is 0 Å². The highest BCUT2D eigenvalue weighted by molar-refractivity contribution is 5.85. The summed E-state index contributed by atoms with van der Waals surface area (Å²) in [5, 5.41) is 2.49. The molecule has 0 spiro atoms. The van der Waals surface area contributed by atoms with Crippen LogP contribution in [0.5, 0.6) is 0 Å². The molecular weight excluding hydrogens is 294 g/mol. The van der Waals surface area contributed by atoms with Crippen molar-refractivity contribution in [3.8, 4) is 0 Å². The maximum absolute atomic E-state index is 12.0. The van der Waals surface area contributed by atoms with Crippen molar-refractivity contribution in [3.05, 3.63) is 35.9 Å². The van der Waals surface area contributed by atoms with Gasteiger partial charge >= 0.3 is 0 Å². The Kier molecular flexibility index (Phi) is 7.14. The summed E-state index contributed by atoms with van der Waals surface area (Å²) in [7, 11) is 0. The van der Waals surface area contributed by atoms with E-state index in [1.165, 1.54) is 0 Å². The van der Waals surface area contributed by atoms with Crippen molar-refractivity contribution in [2.24, 2.45) is 5.73 Å². The average molecular weight is 314 g/mol. The SMILES string of the molecule is Cl.NCC(=O)NCC(=O)N1CCOC(c2ccccc2)C1. The number of nitrogens with one attached hydrogen (secondary N) is 1. The molecule has 6 nitrogen and oxygen atoms in total. The van der Waals surface area contributed by atoms with Crippen LogP contribution in [0.1, 0.15) is 11.7 Å². The fourth-order valence-electron chi connectivity index (χ4n) is 2.10. The molecule has 1 atom stereocenters. The molecule has 116 valence electrons. The predicted molar refractivity (Wildman–Crippen MR) is 81.0 cm³/mol. The molecule has 1 heterocycles. The fourth-order valence-corrected chi connectivity index (χ4v) is 2.10. The van der Waals surface area contributed by atoms with Gasteiger partial charge in [0.1, 0.15) is 6.10 Å². The van der Waals surface area contributed by atoms with Crippen LogP contribution in [0.2, 0.25) is 0 Å². The molecule has 1 fully saturated rings. The number of morpholine rings is 1. The highest BCUT2D eigenvalue weighted by atomic mass is 35.5. The van der Waals surface area contributed by atoms with Gasteiger partial charge in [0.05, 0.1) is 26.2 Å². The minimum Gasteiger partial charge on any atom is -0.370 e. The molecule has 2 amide bonds. The summed E-state index contributed by atoms with van der Waals surface area (Å²) < 4.78 is 5.69. The van der Waals surface area contributed by atoms with Crippen LogP contribution in [-0.2, 0) is 14.3 Å². The van der Waals surface area contributed by atoms with E-state index in [2.05, 4.69) is 5.32 Å². The number of nitrogens with two attached hydrogens (primary N) is 1. The standard InChI is InChI=1S/C14H19N3O3.ClH/c15-8-13(18)16-9-14(19)17-6-7-20-12(10-17)11-4-2-1-3-5-11;/h1-5,12H,6-10,15H2,(H,16,18);1H. The first kappa shape index (κ1) is 17.4. The Bertz CT molecular complexity index is 470. The quantitative estimate of drug-likeness (QED) is 0.824. The number of halogens is 1. The van der Waals surface area contributed by atoms with Crippen LogP contribution in [0.25, 0.3) is 0 Å². The van der Waals surface area contributed by atoms with E-state index in [0.29, 0.717) is 19.7 Å². The summed E-state index contributed by atoms with van der Waals surface area (Å²) in [4.78, 5) is 24.8. The van der Waals surface area contributed by atoms with Gasteiger partial charge in [-0.2, -0.15) is 0 Å². The van der Waals surface area contributed by atoms with Gasteiger partial charge in [-0.15, -0.1) is 12.4 Å². The number of carbonyl (C=O) groups excluding carboxylic acids is 2. The minimum absolute atomic E-state index is 0. The van der Waals surface area contributed by atoms with Gasteiger partial charge in [-0.1, -0.05) is 30.3 Å². The van der Waals surface area contributed by atoms with Crippen molar-refractivity contribution in [1.82, 2.24) is 10.2 Å². The summed E-state index contributed by atoms with van der Waals surface area (Å²) in [5.74, 6) is -0.442. The van der Waals surface area contributed by atoms with Crippen molar-refractivity contribution in [1.29, 1.82) is 0 Å². The average Bonchev–Trinajstić information content (AvgIpc) is 2.53. The lowest BCUT2D eigenvalue weighted by molar-refractivity contribution is -0.139. The lowest BCUT2D eigenvalue weighted by Crippen LogP contribution is -2.47. The van der Waals surface area contributed by atoms with Gasteiger partial charge in [0.2, 0.25) is 11.8 Å². The molecule has 0 radical (unpaired) electrons. The Balaban J connectivity index is 0.00000220. The lowest BCUT2D eigenvalue weighted by atomic mass is 10.1. The van der Waals surface area contributed by atoms with E-state index in [1.54, 1.807) is 4.90 Å². The normalized spacial score (nSPS) is 17.8. The maximum atomic E-state index is 12.0. The molecule has 1 aliphatic rings. The van der Waals surface area contributed by atoms with Crippen LogP contribution in [-0.4, -0.2) is 49.5 Å². The van der Waals surface area contributed by atoms with Crippen LogP contribution < -0.4 is 11.1 Å². The lowest BCUT2D eigenvalue weighted by Gasteiger charge is -2.33. The summed E-state index contributed by atoms with van der Waals surface area (Å²) >= 11 is 0. The highest BCUT2D eigenvalue weighted by Crippen LogP contribution is 2.21. The third kappa shape index (κ3) is 5.00. The molecule has 1 unspecified atom stereocenters. The second-order valence-corrected chi connectivity index (χ2v) is 4.59. The number of nitrogens with zero attached hydrogens (tertiary/aromatic N) is 1. The number of rotatable bonds is 4. The summed E-state index contributed by atoms with van der Waals surface area (Å²) in [6.07, 6.45) is -0.112. The largest absolute Gasteiger partial charge is 0.370 e. The molecule has 1 aromatic rings. The first-order valence-electron chi connectivity index (χ1n) is 6.62.